The number of hydrogen-bond acceptors (Lipinski definition) is 10. The number of hydrazone groups is 1. The Labute approximate surface area is 269 Å². The third-order valence-corrected chi connectivity index (χ3v) is 7.31. The number of ether oxygens (including phenoxy) is 5. The average Bonchev–Trinajstić information content (AvgIpc) is 3.03. The highest BCUT2D eigenvalue weighted by molar-refractivity contribution is 9.10. The Bertz CT molecular complexity index is 1560. The monoisotopic (exact) mass is 682 g/mol. The van der Waals surface area contributed by atoms with Gasteiger partial charge in [-0.05, 0) is 65.2 Å². The fourth-order valence-corrected chi connectivity index (χ4v) is 4.90. The van der Waals surface area contributed by atoms with Crippen molar-refractivity contribution in [1.82, 2.24) is 16.1 Å². The molecule has 0 fully saturated rings. The average molecular weight is 684 g/mol. The van der Waals surface area contributed by atoms with E-state index in [1.807, 2.05) is 37.3 Å². The van der Waals surface area contributed by atoms with E-state index < -0.39 is 24.3 Å². The van der Waals surface area contributed by atoms with E-state index in [1.54, 1.807) is 44.4 Å². The normalized spacial score (nSPS) is 15.2. The van der Waals surface area contributed by atoms with Gasteiger partial charge in [0.05, 0.1) is 38.7 Å². The molecule has 13 heteroatoms. The van der Waals surface area contributed by atoms with E-state index in [0.717, 1.165) is 10.0 Å². The smallest absolute Gasteiger partial charge is 0.337 e. The fourth-order valence-electron chi connectivity index (χ4n) is 4.47. The second-order valence-corrected chi connectivity index (χ2v) is 10.6. The standard InChI is InChI=1S/C32H35BrN4O8/c1-5-43-26-13-21(30-29(31(39)42-4)19(2)35-32(40)36-30)11-12-24(26)45-18-28(38)37-34-16-22-14-25(41-3)27(15-23(22)33)44-17-20-9-7-6-8-10-20/h6-16,28,30,37-38H,5,17-18H2,1-4H3,(H2,35,36,40)/b34-16-/t28-,30+/m0/s1. The van der Waals surface area contributed by atoms with Gasteiger partial charge in [0.2, 0.25) is 0 Å². The number of urea groups is 1. The Kier molecular flexibility index (Phi) is 11.7. The van der Waals surface area contributed by atoms with E-state index in [2.05, 4.69) is 37.1 Å². The van der Waals surface area contributed by atoms with Crippen LogP contribution in [0.15, 0.2) is 81.5 Å². The molecule has 0 saturated carbocycles. The molecule has 0 aromatic heterocycles. The predicted octanol–water partition coefficient (Wildman–Crippen LogP) is 4.56. The van der Waals surface area contributed by atoms with Crippen LogP contribution in [-0.2, 0) is 16.1 Å². The molecule has 0 aliphatic carbocycles. The third kappa shape index (κ3) is 8.67. The SMILES string of the molecule is CCOc1cc([C@H]2NC(=O)NC(C)=C2C(=O)OC)ccc1OC[C@H](O)N/N=C\c1cc(OC)c(OCc2ccccc2)cc1Br. The summed E-state index contributed by atoms with van der Waals surface area (Å²) in [4.78, 5) is 24.6. The molecule has 0 radical (unpaired) electrons. The quantitative estimate of drug-likeness (QED) is 0.0831. The van der Waals surface area contributed by atoms with Crippen LogP contribution in [0.1, 0.15) is 36.6 Å². The van der Waals surface area contributed by atoms with Crippen LogP contribution < -0.4 is 35.0 Å². The van der Waals surface area contributed by atoms with Crippen molar-refractivity contribution in [3.8, 4) is 23.0 Å². The number of nitrogens with zero attached hydrogens (tertiary/aromatic N) is 1. The first kappa shape index (κ1) is 33.1. The summed E-state index contributed by atoms with van der Waals surface area (Å²) >= 11 is 3.53. The zero-order valence-corrected chi connectivity index (χ0v) is 26.8. The van der Waals surface area contributed by atoms with Gasteiger partial charge >= 0.3 is 12.0 Å². The summed E-state index contributed by atoms with van der Waals surface area (Å²) in [6.07, 6.45) is 0.364. The van der Waals surface area contributed by atoms with Gasteiger partial charge in [0.1, 0.15) is 13.2 Å². The van der Waals surface area contributed by atoms with Crippen LogP contribution in [0.2, 0.25) is 0 Å². The number of amides is 2. The highest BCUT2D eigenvalue weighted by Gasteiger charge is 2.32. The molecule has 1 aliphatic rings. The summed E-state index contributed by atoms with van der Waals surface area (Å²) in [5.41, 5.74) is 5.59. The van der Waals surface area contributed by atoms with Crippen LogP contribution in [0.3, 0.4) is 0 Å². The summed E-state index contributed by atoms with van der Waals surface area (Å²) in [5.74, 6) is 1.24. The number of nitrogens with one attached hydrogen (secondary N) is 3. The van der Waals surface area contributed by atoms with Crippen LogP contribution in [-0.4, -0.2) is 57.0 Å². The lowest BCUT2D eigenvalue weighted by atomic mass is 9.95. The number of rotatable bonds is 14. The minimum Gasteiger partial charge on any atom is -0.493 e. The number of methoxy groups -OCH3 is 2. The van der Waals surface area contributed by atoms with Crippen molar-refractivity contribution >= 4 is 34.1 Å². The Hall–Kier alpha value is -4.75. The van der Waals surface area contributed by atoms with Gasteiger partial charge in [0, 0.05) is 15.7 Å². The summed E-state index contributed by atoms with van der Waals surface area (Å²) in [6, 6.07) is 17.2. The van der Waals surface area contributed by atoms with Crippen LogP contribution in [0.5, 0.6) is 23.0 Å². The lowest BCUT2D eigenvalue weighted by molar-refractivity contribution is -0.136. The Balaban J connectivity index is 1.39. The van der Waals surface area contributed by atoms with E-state index in [0.29, 0.717) is 53.0 Å². The minimum atomic E-state index is -1.16. The zero-order valence-electron chi connectivity index (χ0n) is 25.3. The molecular formula is C32H35BrN4O8. The van der Waals surface area contributed by atoms with E-state index in [9.17, 15) is 14.7 Å². The van der Waals surface area contributed by atoms with Crippen molar-refractivity contribution in [3.63, 3.8) is 0 Å². The van der Waals surface area contributed by atoms with Crippen molar-refractivity contribution < 1.29 is 38.4 Å². The Morgan fingerprint density at radius 2 is 1.80 bits per heavy atom. The van der Waals surface area contributed by atoms with Gasteiger partial charge in [-0.2, -0.15) is 5.10 Å². The van der Waals surface area contributed by atoms with Crippen molar-refractivity contribution in [2.45, 2.75) is 32.7 Å². The number of esters is 1. The molecule has 3 aromatic carbocycles. The van der Waals surface area contributed by atoms with Crippen LogP contribution in [0.25, 0.3) is 0 Å². The van der Waals surface area contributed by atoms with Gasteiger partial charge in [-0.1, -0.05) is 36.4 Å². The predicted molar refractivity (Wildman–Crippen MR) is 170 cm³/mol. The number of hydrogen-bond donors (Lipinski definition) is 4. The molecule has 0 bridgehead atoms. The fraction of sp³-hybridized carbons (Fsp3) is 0.281. The first-order valence-electron chi connectivity index (χ1n) is 14.0. The Morgan fingerprint density at radius 1 is 1.04 bits per heavy atom. The second-order valence-electron chi connectivity index (χ2n) is 9.71. The number of carbonyl (C=O) groups excluding carboxylic acids is 2. The molecule has 0 unspecified atom stereocenters. The van der Waals surface area contributed by atoms with E-state index in [1.165, 1.54) is 13.3 Å². The molecule has 3 aromatic rings. The largest absolute Gasteiger partial charge is 0.493 e. The molecular weight excluding hydrogens is 648 g/mol. The minimum absolute atomic E-state index is 0.163. The molecule has 0 spiro atoms. The molecule has 1 heterocycles. The molecule has 0 saturated heterocycles. The third-order valence-electron chi connectivity index (χ3n) is 6.62. The number of aliphatic hydroxyl groups excluding tert-OH is 1. The van der Waals surface area contributed by atoms with Crippen molar-refractivity contribution in [3.05, 3.63) is 93.1 Å². The van der Waals surface area contributed by atoms with Gasteiger partial charge in [0.25, 0.3) is 0 Å². The summed E-state index contributed by atoms with van der Waals surface area (Å²) in [5, 5.41) is 20.0. The summed E-state index contributed by atoms with van der Waals surface area (Å²) in [6.45, 7) is 3.99. The van der Waals surface area contributed by atoms with Gasteiger partial charge in [-0.3, -0.25) is 5.43 Å². The second kappa shape index (κ2) is 15.8. The maximum atomic E-state index is 12.5. The number of halogens is 1. The van der Waals surface area contributed by atoms with Crippen molar-refractivity contribution in [2.24, 2.45) is 5.10 Å². The van der Waals surface area contributed by atoms with E-state index in [4.69, 9.17) is 23.7 Å². The van der Waals surface area contributed by atoms with Gasteiger partial charge in [0.15, 0.2) is 29.2 Å². The maximum absolute atomic E-state index is 12.5. The lowest BCUT2D eigenvalue weighted by Crippen LogP contribution is -2.45. The van der Waals surface area contributed by atoms with Crippen LogP contribution in [0.4, 0.5) is 4.79 Å². The molecule has 4 rings (SSSR count). The van der Waals surface area contributed by atoms with Crippen LogP contribution in [0, 0.1) is 0 Å². The van der Waals surface area contributed by atoms with Gasteiger partial charge in [-0.15, -0.1) is 0 Å². The molecule has 1 aliphatic heterocycles. The van der Waals surface area contributed by atoms with Gasteiger partial charge < -0.3 is 39.4 Å². The maximum Gasteiger partial charge on any atom is 0.337 e. The highest BCUT2D eigenvalue weighted by atomic mass is 79.9. The molecule has 238 valence electrons. The number of benzene rings is 3. The number of aliphatic hydroxyl groups is 1. The molecule has 2 amide bonds. The number of carbonyl (C=O) groups is 2. The van der Waals surface area contributed by atoms with E-state index in [-0.39, 0.29) is 12.2 Å². The summed E-state index contributed by atoms with van der Waals surface area (Å²) in [7, 11) is 2.83. The summed E-state index contributed by atoms with van der Waals surface area (Å²) < 4.78 is 28.6. The van der Waals surface area contributed by atoms with Crippen LogP contribution >= 0.6 is 15.9 Å². The zero-order chi connectivity index (χ0) is 32.3. The van der Waals surface area contributed by atoms with Gasteiger partial charge in [-0.25, -0.2) is 9.59 Å². The first-order chi connectivity index (χ1) is 21.7. The molecule has 12 nitrogen and oxygen atoms in total. The van der Waals surface area contributed by atoms with Crippen molar-refractivity contribution in [1.29, 1.82) is 0 Å². The molecule has 45 heavy (non-hydrogen) atoms. The van der Waals surface area contributed by atoms with Crippen molar-refractivity contribution in [2.75, 3.05) is 27.4 Å². The first-order valence-corrected chi connectivity index (χ1v) is 14.8. The topological polar surface area (TPSA) is 149 Å². The number of allylic oxidation sites excluding steroid dienone is 1. The molecule has 2 atom stereocenters. The highest BCUT2D eigenvalue weighted by Crippen LogP contribution is 2.35. The van der Waals surface area contributed by atoms with E-state index >= 15 is 0 Å². The molecule has 4 N–H and O–H groups in total. The lowest BCUT2D eigenvalue weighted by Gasteiger charge is -2.28. The Morgan fingerprint density at radius 3 is 2.51 bits per heavy atom.